The predicted molar refractivity (Wildman–Crippen MR) is 54.4 cm³/mol. The van der Waals surface area contributed by atoms with Gasteiger partial charge in [-0.05, 0) is 12.8 Å². The minimum atomic E-state index is -0.611. The van der Waals surface area contributed by atoms with Crippen LogP contribution in [0.15, 0.2) is 25.3 Å². The summed E-state index contributed by atoms with van der Waals surface area (Å²) in [7, 11) is 0. The van der Waals surface area contributed by atoms with E-state index in [4.69, 9.17) is 0 Å². The molecule has 2 heteroatoms. The molecule has 3 N–H and O–H groups in total. The van der Waals surface area contributed by atoms with Crippen molar-refractivity contribution < 1.29 is 10.4 Å². The van der Waals surface area contributed by atoms with Crippen LogP contribution < -0.4 is 5.32 Å². The fourth-order valence-corrected chi connectivity index (χ4v) is 2.15. The number of nitrogens with two attached hydrogens (primary N) is 1. The van der Waals surface area contributed by atoms with Gasteiger partial charge in [0.15, 0.2) is 0 Å². The molecule has 0 radical (unpaired) electrons. The lowest BCUT2D eigenvalue weighted by Crippen LogP contribution is -2.91. The summed E-state index contributed by atoms with van der Waals surface area (Å²) in [5, 5.41) is 12.6. The fraction of sp³-hybridized carbons (Fsp3) is 0.636. The maximum atomic E-state index is 10.3. The summed E-state index contributed by atoms with van der Waals surface area (Å²) in [5.41, 5.74) is -0.611. The largest absolute Gasteiger partial charge is 0.383 e. The first kappa shape index (κ1) is 10.5. The Kier molecular flexibility index (Phi) is 3.70. The molecule has 1 heterocycles. The van der Waals surface area contributed by atoms with Crippen LogP contribution >= 0.6 is 0 Å². The van der Waals surface area contributed by atoms with Gasteiger partial charge in [0.25, 0.3) is 0 Å². The average molecular weight is 182 g/mol. The standard InChI is InChI=1S/C11H19NO/c1-3-7-11(13,8-4-2)10-6-5-9-12-10/h3-4,10,12-13H,1-2,5-9H2/p+1/t10-/m1/s1. The molecule has 0 unspecified atom stereocenters. The second-order valence-electron chi connectivity index (χ2n) is 3.86. The number of aliphatic hydroxyl groups is 1. The normalized spacial score (nSPS) is 23.0. The minimum absolute atomic E-state index is 0.337. The van der Waals surface area contributed by atoms with Crippen molar-refractivity contribution in [1.82, 2.24) is 0 Å². The summed E-state index contributed by atoms with van der Waals surface area (Å²) >= 11 is 0. The van der Waals surface area contributed by atoms with Gasteiger partial charge in [0, 0.05) is 12.8 Å². The van der Waals surface area contributed by atoms with Crippen molar-refractivity contribution in [2.45, 2.75) is 37.3 Å². The van der Waals surface area contributed by atoms with Gasteiger partial charge in [-0.2, -0.15) is 0 Å². The van der Waals surface area contributed by atoms with Crippen LogP contribution in [0.5, 0.6) is 0 Å². The summed E-state index contributed by atoms with van der Waals surface area (Å²) < 4.78 is 0. The van der Waals surface area contributed by atoms with Gasteiger partial charge in [-0.1, -0.05) is 12.2 Å². The molecule has 1 aliphatic heterocycles. The molecule has 74 valence electrons. The third-order valence-electron chi connectivity index (χ3n) is 2.86. The summed E-state index contributed by atoms with van der Waals surface area (Å²) in [6.07, 6.45) is 7.26. The van der Waals surface area contributed by atoms with Gasteiger partial charge in [-0.25, -0.2) is 0 Å². The van der Waals surface area contributed by atoms with Gasteiger partial charge < -0.3 is 10.4 Å². The zero-order valence-corrected chi connectivity index (χ0v) is 8.21. The highest BCUT2D eigenvalue weighted by atomic mass is 16.3. The summed E-state index contributed by atoms with van der Waals surface area (Å²) in [4.78, 5) is 0. The summed E-state index contributed by atoms with van der Waals surface area (Å²) in [6, 6.07) is 0.337. The van der Waals surface area contributed by atoms with E-state index in [1.807, 2.05) is 0 Å². The summed E-state index contributed by atoms with van der Waals surface area (Å²) in [5.74, 6) is 0. The molecular weight excluding hydrogens is 162 g/mol. The highest BCUT2D eigenvalue weighted by Crippen LogP contribution is 2.23. The molecule has 1 saturated heterocycles. The monoisotopic (exact) mass is 182 g/mol. The quantitative estimate of drug-likeness (QED) is 0.600. The number of rotatable bonds is 5. The molecule has 0 saturated carbocycles. The average Bonchev–Trinajstić information content (AvgIpc) is 2.57. The van der Waals surface area contributed by atoms with Crippen LogP contribution in [0.3, 0.4) is 0 Å². The van der Waals surface area contributed by atoms with Crippen LogP contribution in [-0.2, 0) is 0 Å². The summed E-state index contributed by atoms with van der Waals surface area (Å²) in [6.45, 7) is 8.52. The molecule has 1 atom stereocenters. The predicted octanol–water partition coefficient (Wildman–Crippen LogP) is 0.596. The molecule has 1 aliphatic rings. The van der Waals surface area contributed by atoms with E-state index >= 15 is 0 Å². The van der Waals surface area contributed by atoms with E-state index < -0.39 is 5.60 Å². The molecule has 0 amide bonds. The van der Waals surface area contributed by atoms with E-state index in [9.17, 15) is 5.11 Å². The maximum absolute atomic E-state index is 10.3. The van der Waals surface area contributed by atoms with Crippen LogP contribution in [0.4, 0.5) is 0 Å². The van der Waals surface area contributed by atoms with E-state index in [-0.39, 0.29) is 0 Å². The molecule has 0 aromatic rings. The molecule has 13 heavy (non-hydrogen) atoms. The Morgan fingerprint density at radius 3 is 2.38 bits per heavy atom. The zero-order chi connectivity index (χ0) is 9.73. The zero-order valence-electron chi connectivity index (χ0n) is 8.21. The number of hydrogen-bond donors (Lipinski definition) is 2. The van der Waals surface area contributed by atoms with Crippen molar-refractivity contribution >= 4 is 0 Å². The third kappa shape index (κ3) is 2.42. The Morgan fingerprint density at radius 1 is 1.38 bits per heavy atom. The Morgan fingerprint density at radius 2 is 2.00 bits per heavy atom. The van der Waals surface area contributed by atoms with Gasteiger partial charge in [0.2, 0.25) is 0 Å². The van der Waals surface area contributed by atoms with E-state index in [1.54, 1.807) is 12.2 Å². The van der Waals surface area contributed by atoms with Crippen LogP contribution in [0.2, 0.25) is 0 Å². The van der Waals surface area contributed by atoms with Gasteiger partial charge >= 0.3 is 0 Å². The molecule has 1 fully saturated rings. The van der Waals surface area contributed by atoms with E-state index in [2.05, 4.69) is 18.5 Å². The van der Waals surface area contributed by atoms with Crippen LogP contribution in [0, 0.1) is 0 Å². The van der Waals surface area contributed by atoms with Crippen molar-refractivity contribution in [3.63, 3.8) is 0 Å². The lowest BCUT2D eigenvalue weighted by Gasteiger charge is -2.29. The molecule has 0 aromatic carbocycles. The Hall–Kier alpha value is -0.600. The van der Waals surface area contributed by atoms with Gasteiger partial charge in [-0.15, -0.1) is 13.2 Å². The Balaban J connectivity index is 2.62. The smallest absolute Gasteiger partial charge is 0.123 e. The van der Waals surface area contributed by atoms with Crippen LogP contribution in [-0.4, -0.2) is 23.3 Å². The van der Waals surface area contributed by atoms with Gasteiger partial charge in [0.1, 0.15) is 11.6 Å². The van der Waals surface area contributed by atoms with Gasteiger partial charge in [-0.3, -0.25) is 0 Å². The van der Waals surface area contributed by atoms with Crippen molar-refractivity contribution in [2.24, 2.45) is 0 Å². The van der Waals surface area contributed by atoms with Gasteiger partial charge in [0.05, 0.1) is 6.54 Å². The SMILES string of the molecule is C=CCC(O)(CC=C)[C@H]1CCC[NH2+]1. The Bertz CT molecular complexity index is 173. The number of hydrogen-bond acceptors (Lipinski definition) is 1. The minimum Gasteiger partial charge on any atom is -0.383 e. The van der Waals surface area contributed by atoms with Crippen molar-refractivity contribution in [1.29, 1.82) is 0 Å². The molecule has 0 bridgehead atoms. The first-order valence-corrected chi connectivity index (χ1v) is 5.00. The first-order chi connectivity index (χ1) is 6.23. The third-order valence-corrected chi connectivity index (χ3v) is 2.86. The second-order valence-corrected chi connectivity index (χ2v) is 3.86. The first-order valence-electron chi connectivity index (χ1n) is 5.00. The molecule has 2 nitrogen and oxygen atoms in total. The Labute approximate surface area is 80.3 Å². The van der Waals surface area contributed by atoms with Crippen molar-refractivity contribution in [2.75, 3.05) is 6.54 Å². The molecule has 0 aliphatic carbocycles. The topological polar surface area (TPSA) is 36.8 Å². The van der Waals surface area contributed by atoms with E-state index in [0.29, 0.717) is 18.9 Å². The maximum Gasteiger partial charge on any atom is 0.123 e. The lowest BCUT2D eigenvalue weighted by molar-refractivity contribution is -0.684. The van der Waals surface area contributed by atoms with E-state index in [1.165, 1.54) is 6.42 Å². The van der Waals surface area contributed by atoms with Crippen molar-refractivity contribution in [3.8, 4) is 0 Å². The molecule has 0 aromatic heterocycles. The highest BCUT2D eigenvalue weighted by Gasteiger charge is 2.39. The lowest BCUT2D eigenvalue weighted by atomic mass is 9.86. The van der Waals surface area contributed by atoms with E-state index in [0.717, 1.165) is 13.0 Å². The second kappa shape index (κ2) is 4.58. The number of quaternary nitrogens is 1. The van der Waals surface area contributed by atoms with Crippen molar-refractivity contribution in [3.05, 3.63) is 25.3 Å². The highest BCUT2D eigenvalue weighted by molar-refractivity contribution is 4.97. The fourth-order valence-electron chi connectivity index (χ4n) is 2.15. The van der Waals surface area contributed by atoms with Crippen LogP contribution in [0.1, 0.15) is 25.7 Å². The van der Waals surface area contributed by atoms with Crippen LogP contribution in [0.25, 0.3) is 0 Å². The molecular formula is C11H20NO+. The molecule has 0 spiro atoms. The molecule has 1 rings (SSSR count).